The molecule has 116 valence electrons. The number of hydrogen-bond acceptors (Lipinski definition) is 4. The minimum absolute atomic E-state index is 0.239. The van der Waals surface area contributed by atoms with Gasteiger partial charge in [-0.15, -0.1) is 0 Å². The van der Waals surface area contributed by atoms with Crippen LogP contribution in [0.15, 0.2) is 23.1 Å². The summed E-state index contributed by atoms with van der Waals surface area (Å²) in [5.41, 5.74) is 1.11. The average Bonchev–Trinajstić information content (AvgIpc) is 2.37. The minimum atomic E-state index is -3.35. The zero-order valence-corrected chi connectivity index (χ0v) is 13.4. The first-order valence-electron chi connectivity index (χ1n) is 7.38. The average molecular weight is 330 g/mol. The predicted octanol–water partition coefficient (Wildman–Crippen LogP) is 2.05. The van der Waals surface area contributed by atoms with Crippen molar-refractivity contribution in [3.8, 4) is 0 Å². The molecule has 2 fully saturated rings. The van der Waals surface area contributed by atoms with E-state index in [1.54, 1.807) is 6.07 Å². The van der Waals surface area contributed by atoms with Crippen molar-refractivity contribution in [2.75, 3.05) is 26.3 Å². The molecule has 2 aliphatic heterocycles. The fraction of sp³-hybridized carbons (Fsp3) is 0.600. The summed E-state index contributed by atoms with van der Waals surface area (Å²) in [6, 6.07) is 5.36. The van der Waals surface area contributed by atoms with Gasteiger partial charge in [-0.3, -0.25) is 0 Å². The van der Waals surface area contributed by atoms with Crippen molar-refractivity contribution >= 4 is 21.4 Å². The number of ether oxygens (including phenoxy) is 1. The van der Waals surface area contributed by atoms with E-state index in [9.17, 15) is 8.42 Å². The van der Waals surface area contributed by atoms with Crippen molar-refractivity contribution in [1.82, 2.24) is 5.32 Å². The van der Waals surface area contributed by atoms with Crippen molar-refractivity contribution in [3.63, 3.8) is 0 Å². The molecule has 2 saturated heterocycles. The third-order valence-electron chi connectivity index (χ3n) is 4.27. The summed E-state index contributed by atoms with van der Waals surface area (Å²) in [4.78, 5) is 0.239. The van der Waals surface area contributed by atoms with E-state index in [0.29, 0.717) is 10.9 Å². The summed E-state index contributed by atoms with van der Waals surface area (Å²) in [5, 5.41) is 3.29. The Kier molecular flexibility index (Phi) is 4.54. The second kappa shape index (κ2) is 6.24. The molecule has 1 aromatic rings. The molecule has 0 radical (unpaired) electrons. The van der Waals surface area contributed by atoms with E-state index in [1.807, 2.05) is 12.1 Å². The number of rotatable bonds is 4. The summed E-state index contributed by atoms with van der Waals surface area (Å²) in [7, 11) is -3.35. The molecule has 1 atom stereocenters. The van der Waals surface area contributed by atoms with E-state index < -0.39 is 15.1 Å². The molecule has 21 heavy (non-hydrogen) atoms. The molecule has 0 spiro atoms. The molecule has 0 saturated carbocycles. The number of halogens is 1. The molecular weight excluding hydrogens is 310 g/mol. The Morgan fingerprint density at radius 1 is 1.33 bits per heavy atom. The molecule has 6 heteroatoms. The smallest absolute Gasteiger partial charge is 0.187 e. The van der Waals surface area contributed by atoms with E-state index in [-0.39, 0.29) is 18.1 Å². The van der Waals surface area contributed by atoms with Crippen LogP contribution < -0.4 is 5.32 Å². The van der Waals surface area contributed by atoms with E-state index in [2.05, 4.69) is 5.32 Å². The van der Waals surface area contributed by atoms with Crippen LogP contribution in [0.3, 0.4) is 0 Å². The van der Waals surface area contributed by atoms with Gasteiger partial charge in [-0.05, 0) is 56.0 Å². The van der Waals surface area contributed by atoms with Crippen LogP contribution in [-0.4, -0.2) is 40.0 Å². The fourth-order valence-corrected chi connectivity index (χ4v) is 4.93. The van der Waals surface area contributed by atoms with Gasteiger partial charge >= 0.3 is 0 Å². The number of nitrogens with one attached hydrogen (secondary N) is 1. The Hall–Kier alpha value is -0.620. The van der Waals surface area contributed by atoms with Crippen molar-refractivity contribution in [1.29, 1.82) is 0 Å². The van der Waals surface area contributed by atoms with Crippen LogP contribution in [0.2, 0.25) is 5.02 Å². The van der Waals surface area contributed by atoms with Crippen LogP contribution in [-0.2, 0) is 21.0 Å². The van der Waals surface area contributed by atoms with Crippen LogP contribution >= 0.6 is 11.6 Å². The number of piperidine rings is 1. The molecule has 2 aliphatic rings. The topological polar surface area (TPSA) is 55.4 Å². The zero-order valence-electron chi connectivity index (χ0n) is 11.8. The van der Waals surface area contributed by atoms with Crippen LogP contribution in [0.5, 0.6) is 0 Å². The maximum absolute atomic E-state index is 12.4. The van der Waals surface area contributed by atoms with Gasteiger partial charge in [-0.1, -0.05) is 17.7 Å². The van der Waals surface area contributed by atoms with Gasteiger partial charge in [0.25, 0.3) is 0 Å². The molecule has 4 nitrogen and oxygen atoms in total. The molecule has 2 heterocycles. The van der Waals surface area contributed by atoms with Gasteiger partial charge in [0.05, 0.1) is 23.1 Å². The number of benzene rings is 1. The molecule has 1 aromatic carbocycles. The molecular formula is C15H20ClNO3S. The molecule has 0 aliphatic carbocycles. The van der Waals surface area contributed by atoms with Gasteiger partial charge < -0.3 is 10.1 Å². The van der Waals surface area contributed by atoms with Gasteiger partial charge in [0.1, 0.15) is 5.25 Å². The Bertz CT molecular complexity index is 607. The van der Waals surface area contributed by atoms with Gasteiger partial charge in [0.2, 0.25) is 0 Å². The van der Waals surface area contributed by atoms with Gasteiger partial charge in [0.15, 0.2) is 9.84 Å². The van der Waals surface area contributed by atoms with Crippen LogP contribution in [0, 0.1) is 5.92 Å². The third kappa shape index (κ3) is 3.26. The summed E-state index contributed by atoms with van der Waals surface area (Å²) in [6.45, 7) is 2.66. The quantitative estimate of drug-likeness (QED) is 0.918. The van der Waals surface area contributed by atoms with E-state index in [1.165, 1.54) is 12.8 Å². The largest absolute Gasteiger partial charge is 0.379 e. The van der Waals surface area contributed by atoms with E-state index >= 15 is 0 Å². The van der Waals surface area contributed by atoms with E-state index in [4.69, 9.17) is 16.3 Å². The van der Waals surface area contributed by atoms with Gasteiger partial charge in [-0.2, -0.15) is 0 Å². The summed E-state index contributed by atoms with van der Waals surface area (Å²) in [5.74, 6) is 0.609. The van der Waals surface area contributed by atoms with Crippen LogP contribution in [0.4, 0.5) is 0 Å². The Morgan fingerprint density at radius 2 is 2.14 bits per heavy atom. The lowest BCUT2D eigenvalue weighted by atomic mass is 9.92. The van der Waals surface area contributed by atoms with E-state index in [0.717, 1.165) is 25.1 Å². The van der Waals surface area contributed by atoms with Crippen molar-refractivity contribution in [2.24, 2.45) is 5.92 Å². The number of hydrogen-bond donors (Lipinski definition) is 1. The lowest BCUT2D eigenvalue weighted by Gasteiger charge is -2.26. The van der Waals surface area contributed by atoms with Gasteiger partial charge in [-0.25, -0.2) is 8.42 Å². The molecule has 0 amide bonds. The maximum atomic E-state index is 12.4. The summed E-state index contributed by atoms with van der Waals surface area (Å²) >= 11 is 6.22. The van der Waals surface area contributed by atoms with Crippen molar-refractivity contribution in [3.05, 3.63) is 28.8 Å². The Balaban J connectivity index is 1.76. The highest BCUT2D eigenvalue weighted by Crippen LogP contribution is 2.29. The monoisotopic (exact) mass is 329 g/mol. The first kappa shape index (κ1) is 15.3. The van der Waals surface area contributed by atoms with Crippen LogP contribution in [0.1, 0.15) is 18.4 Å². The molecule has 3 rings (SSSR count). The molecule has 0 bridgehead atoms. The standard InChI is InChI=1S/C15H20ClNO3S/c16-14-7-11(6-12-2-1-5-17-8-12)3-4-15(14)21(18,19)13-9-20-10-13/h3-4,7,12-13,17H,1-2,5-6,8-10H2. The van der Waals surface area contributed by atoms with Crippen molar-refractivity contribution in [2.45, 2.75) is 29.4 Å². The fourth-order valence-electron chi connectivity index (χ4n) is 2.91. The second-order valence-electron chi connectivity index (χ2n) is 5.89. The van der Waals surface area contributed by atoms with Gasteiger partial charge in [0, 0.05) is 0 Å². The highest BCUT2D eigenvalue weighted by atomic mass is 35.5. The highest BCUT2D eigenvalue weighted by Gasteiger charge is 2.35. The summed E-state index contributed by atoms with van der Waals surface area (Å²) < 4.78 is 29.7. The molecule has 0 aromatic heterocycles. The minimum Gasteiger partial charge on any atom is -0.379 e. The normalized spacial score (nSPS) is 23.8. The van der Waals surface area contributed by atoms with Crippen LogP contribution in [0.25, 0.3) is 0 Å². The number of sulfone groups is 1. The Labute approximate surface area is 130 Å². The maximum Gasteiger partial charge on any atom is 0.187 e. The second-order valence-corrected chi connectivity index (χ2v) is 8.49. The highest BCUT2D eigenvalue weighted by molar-refractivity contribution is 7.92. The lowest BCUT2D eigenvalue weighted by molar-refractivity contribution is 0.0416. The molecule has 1 N–H and O–H groups in total. The van der Waals surface area contributed by atoms with Crippen molar-refractivity contribution < 1.29 is 13.2 Å². The first-order chi connectivity index (χ1) is 10.1. The predicted molar refractivity (Wildman–Crippen MR) is 82.5 cm³/mol. The SMILES string of the molecule is O=S(=O)(c1ccc(CC2CCCNC2)cc1Cl)C1COC1. The third-order valence-corrected chi connectivity index (χ3v) is 6.82. The summed E-state index contributed by atoms with van der Waals surface area (Å²) in [6.07, 6.45) is 3.36. The lowest BCUT2D eigenvalue weighted by Crippen LogP contribution is -2.40. The zero-order chi connectivity index (χ0) is 14.9. The Morgan fingerprint density at radius 3 is 2.71 bits per heavy atom. The first-order valence-corrected chi connectivity index (χ1v) is 9.30. The molecule has 1 unspecified atom stereocenters.